The van der Waals surface area contributed by atoms with Crippen LogP contribution in [0.1, 0.15) is 66.3 Å². The van der Waals surface area contributed by atoms with Crippen LogP contribution in [0.5, 0.6) is 0 Å². The minimum Gasteiger partial charge on any atom is -0.618 e. The van der Waals surface area contributed by atoms with E-state index in [1.54, 1.807) is 6.92 Å². The second-order valence-corrected chi connectivity index (χ2v) is 8.20. The zero-order valence-electron chi connectivity index (χ0n) is 17.1. The van der Waals surface area contributed by atoms with Crippen molar-refractivity contribution < 1.29 is 18.7 Å². The molecule has 2 amide bonds. The van der Waals surface area contributed by atoms with E-state index in [0.717, 1.165) is 19.3 Å². The Labute approximate surface area is 169 Å². The summed E-state index contributed by atoms with van der Waals surface area (Å²) in [5, 5.41) is 18.3. The quantitative estimate of drug-likeness (QED) is 0.578. The molecule has 3 rings (SSSR count). The van der Waals surface area contributed by atoms with Gasteiger partial charge < -0.3 is 15.8 Å². The molecule has 1 heterocycles. The Morgan fingerprint density at radius 3 is 2.48 bits per heavy atom. The van der Waals surface area contributed by atoms with Gasteiger partial charge in [-0.2, -0.15) is 4.73 Å². The minimum absolute atomic E-state index is 0.143. The summed E-state index contributed by atoms with van der Waals surface area (Å²) in [7, 11) is 0. The van der Waals surface area contributed by atoms with Crippen LogP contribution in [0, 0.1) is 17.9 Å². The highest BCUT2D eigenvalue weighted by Gasteiger charge is 2.26. The number of nitrogens with one attached hydrogen (secondary N) is 2. The maximum Gasteiger partial charge on any atom is 0.257 e. The first-order valence-electron chi connectivity index (χ1n) is 9.78. The summed E-state index contributed by atoms with van der Waals surface area (Å²) in [6.45, 7) is 7.31. The summed E-state index contributed by atoms with van der Waals surface area (Å²) in [4.78, 5) is 24.7. The smallest absolute Gasteiger partial charge is 0.257 e. The average Bonchev–Trinajstić information content (AvgIpc) is 3.47. The van der Waals surface area contributed by atoms with Gasteiger partial charge in [0, 0.05) is 23.2 Å². The molecule has 1 aliphatic rings. The molecule has 1 fully saturated rings. The first-order chi connectivity index (χ1) is 13.6. The van der Waals surface area contributed by atoms with E-state index < -0.39 is 11.4 Å². The molecule has 0 spiro atoms. The summed E-state index contributed by atoms with van der Waals surface area (Å²) in [6.07, 6.45) is 3.75. The van der Waals surface area contributed by atoms with Gasteiger partial charge in [-0.1, -0.05) is 6.92 Å². The third kappa shape index (κ3) is 4.72. The van der Waals surface area contributed by atoms with Crippen molar-refractivity contribution >= 4 is 11.8 Å². The van der Waals surface area contributed by atoms with E-state index in [4.69, 9.17) is 0 Å². The Morgan fingerprint density at radius 1 is 1.21 bits per heavy atom. The van der Waals surface area contributed by atoms with Gasteiger partial charge in [0.2, 0.25) is 5.69 Å². The van der Waals surface area contributed by atoms with Gasteiger partial charge in [0.15, 0.2) is 6.20 Å². The lowest BCUT2D eigenvalue weighted by molar-refractivity contribution is -0.593. The van der Waals surface area contributed by atoms with Gasteiger partial charge in [-0.05, 0) is 63.8 Å². The Bertz CT molecular complexity index is 968. The van der Waals surface area contributed by atoms with E-state index >= 15 is 0 Å². The number of pyridine rings is 1. The first kappa shape index (κ1) is 20.8. The van der Waals surface area contributed by atoms with Crippen molar-refractivity contribution in [2.75, 3.05) is 0 Å². The number of halogens is 1. The highest BCUT2D eigenvalue weighted by Crippen LogP contribution is 2.26. The molecule has 0 unspecified atom stereocenters. The summed E-state index contributed by atoms with van der Waals surface area (Å²) >= 11 is 0. The molecule has 2 N–H and O–H groups in total. The number of nitrogens with zero attached hydrogens (tertiary/aromatic N) is 1. The van der Waals surface area contributed by atoms with Gasteiger partial charge in [-0.25, -0.2) is 4.39 Å². The number of hydrogen-bond donors (Lipinski definition) is 2. The molecule has 1 aromatic carbocycles. The van der Waals surface area contributed by atoms with E-state index in [9.17, 15) is 19.2 Å². The molecule has 0 saturated heterocycles. The lowest BCUT2D eigenvalue weighted by Gasteiger charge is -2.24. The monoisotopic (exact) mass is 399 g/mol. The molecule has 0 atom stereocenters. The summed E-state index contributed by atoms with van der Waals surface area (Å²) in [5.74, 6) is -1.27. The molecule has 1 aliphatic carbocycles. The van der Waals surface area contributed by atoms with Crippen LogP contribution in [-0.4, -0.2) is 23.4 Å². The van der Waals surface area contributed by atoms with Crippen LogP contribution in [0.4, 0.5) is 4.39 Å². The van der Waals surface area contributed by atoms with E-state index in [0.29, 0.717) is 10.3 Å². The minimum atomic E-state index is -0.560. The Kier molecular flexibility index (Phi) is 5.59. The van der Waals surface area contributed by atoms with E-state index in [2.05, 4.69) is 10.6 Å². The predicted octanol–water partition coefficient (Wildman–Crippen LogP) is 3.25. The molecule has 0 aliphatic heterocycles. The van der Waals surface area contributed by atoms with Crippen molar-refractivity contribution in [3.05, 3.63) is 58.2 Å². The molecule has 6 nitrogen and oxygen atoms in total. The van der Waals surface area contributed by atoms with Gasteiger partial charge in [0.25, 0.3) is 11.8 Å². The first-order valence-corrected chi connectivity index (χ1v) is 9.78. The number of benzene rings is 1. The van der Waals surface area contributed by atoms with Crippen molar-refractivity contribution in [1.29, 1.82) is 0 Å². The molecule has 1 aromatic heterocycles. The largest absolute Gasteiger partial charge is 0.618 e. The molecule has 0 radical (unpaired) electrons. The lowest BCUT2D eigenvalue weighted by atomic mass is 9.99. The molecule has 154 valence electrons. The standard InChI is InChI=1S/C22H26FN3O3/c1-5-22(3,4)25-21(28)14-6-9-19(26(29)12-14)17-10-15(11-18(23)13(17)2)20(27)24-16-7-8-16/h6,9-12,16H,5,7-8H2,1-4H3,(H,24,27)(H,25,28). The van der Waals surface area contributed by atoms with Crippen LogP contribution in [-0.2, 0) is 0 Å². The molecule has 29 heavy (non-hydrogen) atoms. The maximum atomic E-state index is 14.4. The maximum absolute atomic E-state index is 14.4. The molecule has 2 aromatic rings. The number of amides is 2. The van der Waals surface area contributed by atoms with Crippen molar-refractivity contribution in [3.63, 3.8) is 0 Å². The SMILES string of the molecule is CCC(C)(C)NC(=O)c1ccc(-c2cc(C(=O)NC3CC3)cc(F)c2C)[n+]([O-])c1. The average molecular weight is 399 g/mol. The molecule has 1 saturated carbocycles. The highest BCUT2D eigenvalue weighted by atomic mass is 19.1. The third-order valence-corrected chi connectivity index (χ3v) is 5.31. The number of hydrogen-bond acceptors (Lipinski definition) is 3. The van der Waals surface area contributed by atoms with Crippen LogP contribution in [0.2, 0.25) is 0 Å². The summed E-state index contributed by atoms with van der Waals surface area (Å²) in [6, 6.07) is 5.84. The number of carbonyl (C=O) groups excluding carboxylic acids is 2. The van der Waals surface area contributed by atoms with Gasteiger partial charge in [0.05, 0.1) is 5.56 Å². The fourth-order valence-electron chi connectivity index (χ4n) is 2.86. The summed E-state index contributed by atoms with van der Waals surface area (Å²) in [5.41, 5.74) is 0.747. The van der Waals surface area contributed by atoms with Crippen molar-refractivity contribution in [2.45, 2.75) is 58.5 Å². The van der Waals surface area contributed by atoms with E-state index in [1.165, 1.54) is 30.5 Å². The van der Waals surface area contributed by atoms with Crippen molar-refractivity contribution in [1.82, 2.24) is 10.6 Å². The topological polar surface area (TPSA) is 85.1 Å². The Hall–Kier alpha value is -2.96. The van der Waals surface area contributed by atoms with Gasteiger partial charge in [-0.15, -0.1) is 0 Å². The van der Waals surface area contributed by atoms with Gasteiger partial charge in [0.1, 0.15) is 11.4 Å². The molecular formula is C22H26FN3O3. The van der Waals surface area contributed by atoms with E-state index in [1.807, 2.05) is 20.8 Å². The van der Waals surface area contributed by atoms with Gasteiger partial charge in [-0.3, -0.25) is 9.59 Å². The Morgan fingerprint density at radius 2 is 1.90 bits per heavy atom. The number of carbonyl (C=O) groups is 2. The third-order valence-electron chi connectivity index (χ3n) is 5.31. The van der Waals surface area contributed by atoms with Crippen LogP contribution in [0.3, 0.4) is 0 Å². The normalized spacial score (nSPS) is 13.8. The van der Waals surface area contributed by atoms with Crippen molar-refractivity contribution in [2.24, 2.45) is 0 Å². The Balaban J connectivity index is 1.93. The second kappa shape index (κ2) is 7.81. The predicted molar refractivity (Wildman–Crippen MR) is 108 cm³/mol. The van der Waals surface area contributed by atoms with Crippen LogP contribution in [0.25, 0.3) is 11.3 Å². The molecular weight excluding hydrogens is 373 g/mol. The lowest BCUT2D eigenvalue weighted by Crippen LogP contribution is -2.43. The van der Waals surface area contributed by atoms with Crippen LogP contribution in [0.15, 0.2) is 30.5 Å². The second-order valence-electron chi connectivity index (χ2n) is 8.20. The van der Waals surface area contributed by atoms with Crippen molar-refractivity contribution in [3.8, 4) is 11.3 Å². The summed E-state index contributed by atoms with van der Waals surface area (Å²) < 4.78 is 15.0. The number of aromatic nitrogens is 1. The molecule has 0 bridgehead atoms. The van der Waals surface area contributed by atoms with Crippen LogP contribution < -0.4 is 15.4 Å². The molecule has 7 heteroatoms. The van der Waals surface area contributed by atoms with E-state index in [-0.39, 0.29) is 40.2 Å². The van der Waals surface area contributed by atoms with Crippen LogP contribution >= 0.6 is 0 Å². The highest BCUT2D eigenvalue weighted by molar-refractivity contribution is 5.96. The fraction of sp³-hybridized carbons (Fsp3) is 0.409. The van der Waals surface area contributed by atoms with Gasteiger partial charge >= 0.3 is 0 Å². The zero-order valence-corrected chi connectivity index (χ0v) is 17.1. The fourth-order valence-corrected chi connectivity index (χ4v) is 2.86. The number of rotatable bonds is 6. The zero-order chi connectivity index (χ0) is 21.3.